The fourth-order valence-corrected chi connectivity index (χ4v) is 3.92. The van der Waals surface area contributed by atoms with Crippen LogP contribution in [0.2, 0.25) is 0 Å². The average molecular weight is 302 g/mol. The van der Waals surface area contributed by atoms with Gasteiger partial charge in [-0.25, -0.2) is 4.79 Å². The minimum atomic E-state index is 0.0885. The summed E-state index contributed by atoms with van der Waals surface area (Å²) in [6.45, 7) is 7.33. The maximum absolute atomic E-state index is 12.7. The van der Waals surface area contributed by atoms with E-state index in [0.717, 1.165) is 44.6 Å². The van der Waals surface area contributed by atoms with Crippen molar-refractivity contribution in [1.82, 2.24) is 5.32 Å². The highest BCUT2D eigenvalue weighted by Gasteiger charge is 2.45. The van der Waals surface area contributed by atoms with Gasteiger partial charge in [0.05, 0.1) is 32.1 Å². The molecule has 3 rings (SSSR count). The van der Waals surface area contributed by atoms with Gasteiger partial charge in [-0.15, -0.1) is 0 Å². The van der Waals surface area contributed by atoms with Gasteiger partial charge in [0.1, 0.15) is 0 Å². The van der Waals surface area contributed by atoms with E-state index in [2.05, 4.69) is 44.4 Å². The van der Waals surface area contributed by atoms with Crippen molar-refractivity contribution >= 4 is 11.7 Å². The van der Waals surface area contributed by atoms with Crippen LogP contribution >= 0.6 is 0 Å². The van der Waals surface area contributed by atoms with E-state index in [1.165, 1.54) is 11.1 Å². The lowest BCUT2D eigenvalue weighted by molar-refractivity contribution is -0.886. The molecule has 0 saturated carbocycles. The van der Waals surface area contributed by atoms with Crippen molar-refractivity contribution in [2.45, 2.75) is 45.1 Å². The third-order valence-corrected chi connectivity index (χ3v) is 5.10. The number of likely N-dealkylation sites (N-methyl/N-ethyl adjacent to an activating group) is 1. The number of piperidine rings is 1. The molecule has 1 saturated heterocycles. The molecule has 2 amide bonds. The fourth-order valence-electron chi connectivity index (χ4n) is 3.92. The van der Waals surface area contributed by atoms with Crippen LogP contribution in [0.3, 0.4) is 0 Å². The molecular formula is C18H28N3O+. The maximum Gasteiger partial charge on any atom is 0.322 e. The molecule has 120 valence electrons. The number of hydrogen-bond donors (Lipinski definition) is 2. The molecule has 2 N–H and O–H groups in total. The molecule has 2 aliphatic rings. The number of amides is 2. The largest absolute Gasteiger partial charge is 0.338 e. The first-order valence-corrected chi connectivity index (χ1v) is 8.60. The van der Waals surface area contributed by atoms with E-state index in [-0.39, 0.29) is 6.03 Å². The van der Waals surface area contributed by atoms with E-state index >= 15 is 0 Å². The molecule has 2 heterocycles. The summed E-state index contributed by atoms with van der Waals surface area (Å²) in [4.78, 5) is 16.3. The number of urea groups is 1. The number of nitrogens with zero attached hydrogens (tertiary/aromatic N) is 1. The number of rotatable bonds is 3. The zero-order chi connectivity index (χ0) is 15.7. The second-order valence-corrected chi connectivity index (χ2v) is 6.89. The normalized spacial score (nSPS) is 26.5. The van der Waals surface area contributed by atoms with Gasteiger partial charge in [0.2, 0.25) is 0 Å². The Bertz CT molecular complexity index is 557. The Morgan fingerprint density at radius 3 is 3.05 bits per heavy atom. The van der Waals surface area contributed by atoms with Gasteiger partial charge in [-0.2, -0.15) is 0 Å². The zero-order valence-corrected chi connectivity index (χ0v) is 14.0. The van der Waals surface area contributed by atoms with Crippen LogP contribution < -0.4 is 15.1 Å². The Labute approximate surface area is 133 Å². The quantitative estimate of drug-likeness (QED) is 0.819. The summed E-state index contributed by atoms with van der Waals surface area (Å²) >= 11 is 0. The van der Waals surface area contributed by atoms with Gasteiger partial charge in [0.15, 0.2) is 0 Å². The van der Waals surface area contributed by atoms with E-state index in [1.54, 1.807) is 4.90 Å². The van der Waals surface area contributed by atoms with E-state index < -0.39 is 0 Å². The Hall–Kier alpha value is -1.55. The smallest absolute Gasteiger partial charge is 0.322 e. The summed E-state index contributed by atoms with van der Waals surface area (Å²) in [5, 5.41) is 3.11. The molecule has 0 aliphatic carbocycles. The molecule has 1 aromatic rings. The van der Waals surface area contributed by atoms with Crippen molar-refractivity contribution in [2.24, 2.45) is 0 Å². The van der Waals surface area contributed by atoms with Crippen LogP contribution in [-0.2, 0) is 0 Å². The summed E-state index contributed by atoms with van der Waals surface area (Å²) < 4.78 is 0. The molecular weight excluding hydrogens is 274 g/mol. The van der Waals surface area contributed by atoms with Gasteiger partial charge < -0.3 is 10.2 Å². The number of nitrogens with one attached hydrogen (secondary N) is 2. The minimum Gasteiger partial charge on any atom is -0.338 e. The Morgan fingerprint density at radius 2 is 2.27 bits per heavy atom. The highest BCUT2D eigenvalue weighted by atomic mass is 16.2. The highest BCUT2D eigenvalue weighted by Crippen LogP contribution is 2.42. The molecule has 0 radical (unpaired) electrons. The second kappa shape index (κ2) is 6.29. The van der Waals surface area contributed by atoms with Gasteiger partial charge in [0, 0.05) is 18.7 Å². The molecule has 22 heavy (non-hydrogen) atoms. The molecule has 3 atom stereocenters. The van der Waals surface area contributed by atoms with E-state index in [0.29, 0.717) is 12.0 Å². The van der Waals surface area contributed by atoms with Crippen LogP contribution in [0, 0.1) is 6.92 Å². The molecule has 1 aromatic carbocycles. The Kier molecular flexibility index (Phi) is 4.39. The predicted molar refractivity (Wildman–Crippen MR) is 89.7 cm³/mol. The number of benzene rings is 1. The summed E-state index contributed by atoms with van der Waals surface area (Å²) in [5.74, 6) is 0.487. The fraction of sp³-hybridized carbons (Fsp3) is 0.611. The Balaban J connectivity index is 1.88. The number of quaternary nitrogens is 1. The van der Waals surface area contributed by atoms with Crippen LogP contribution in [0.4, 0.5) is 10.5 Å². The zero-order valence-electron chi connectivity index (χ0n) is 14.0. The van der Waals surface area contributed by atoms with Crippen molar-refractivity contribution in [3.63, 3.8) is 0 Å². The first-order valence-electron chi connectivity index (χ1n) is 8.60. The lowest BCUT2D eigenvalue weighted by Gasteiger charge is -2.34. The third-order valence-electron chi connectivity index (χ3n) is 5.10. The van der Waals surface area contributed by atoms with Crippen molar-refractivity contribution in [1.29, 1.82) is 0 Å². The maximum atomic E-state index is 12.7. The number of fused-ring (bicyclic) bond motifs is 3. The average Bonchev–Trinajstić information content (AvgIpc) is 2.80. The lowest BCUT2D eigenvalue weighted by atomic mass is 9.89. The van der Waals surface area contributed by atoms with E-state index in [1.807, 2.05) is 4.90 Å². The van der Waals surface area contributed by atoms with Gasteiger partial charge in [0.25, 0.3) is 0 Å². The highest BCUT2D eigenvalue weighted by molar-refractivity contribution is 5.95. The molecule has 0 bridgehead atoms. The number of carbonyl (C=O) groups is 1. The molecule has 1 fully saturated rings. The standard InChI is InChI=1S/C18H27N3O/c1-4-5-9-19-18(22)21-16-7-6-13(2)11-14(16)15-12-20(3)10-8-17(15)21/h6-7,11,15,17H,4-5,8-10,12H2,1-3H3,(H,19,22)/p+1/t15-,17-/m0/s1. The minimum absolute atomic E-state index is 0.0885. The number of hydrogen-bond acceptors (Lipinski definition) is 1. The summed E-state index contributed by atoms with van der Waals surface area (Å²) in [6.07, 6.45) is 3.24. The topological polar surface area (TPSA) is 36.8 Å². The third kappa shape index (κ3) is 2.72. The van der Waals surface area contributed by atoms with Gasteiger partial charge in [-0.3, -0.25) is 4.90 Å². The van der Waals surface area contributed by atoms with E-state index in [4.69, 9.17) is 0 Å². The van der Waals surface area contributed by atoms with Crippen molar-refractivity contribution in [2.75, 3.05) is 31.6 Å². The molecule has 0 aromatic heterocycles. The number of carbonyl (C=O) groups excluding carboxylic acids is 1. The van der Waals surface area contributed by atoms with Crippen LogP contribution in [0.1, 0.15) is 43.2 Å². The summed E-state index contributed by atoms with van der Waals surface area (Å²) in [6, 6.07) is 6.97. The number of anilines is 1. The molecule has 0 spiro atoms. The van der Waals surface area contributed by atoms with Gasteiger partial charge in [-0.1, -0.05) is 31.0 Å². The van der Waals surface area contributed by atoms with Crippen molar-refractivity contribution in [3.8, 4) is 0 Å². The molecule has 2 aliphatic heterocycles. The monoisotopic (exact) mass is 302 g/mol. The van der Waals surface area contributed by atoms with Gasteiger partial charge >= 0.3 is 6.03 Å². The van der Waals surface area contributed by atoms with Crippen molar-refractivity contribution in [3.05, 3.63) is 29.3 Å². The van der Waals surface area contributed by atoms with Crippen LogP contribution in [0.25, 0.3) is 0 Å². The van der Waals surface area contributed by atoms with Crippen LogP contribution in [-0.4, -0.2) is 38.8 Å². The van der Waals surface area contributed by atoms with Crippen molar-refractivity contribution < 1.29 is 9.69 Å². The van der Waals surface area contributed by atoms with Gasteiger partial charge in [-0.05, 0) is 25.0 Å². The SMILES string of the molecule is CCCCNC(=O)N1c2ccc(C)cc2[C@@H]2C[NH+](C)CC[C@@H]21. The second-order valence-electron chi connectivity index (χ2n) is 6.89. The number of aryl methyl sites for hydroxylation is 1. The number of likely N-dealkylation sites (tertiary alicyclic amines) is 1. The first kappa shape index (κ1) is 15.3. The summed E-state index contributed by atoms with van der Waals surface area (Å²) in [7, 11) is 2.26. The van der Waals surface area contributed by atoms with E-state index in [9.17, 15) is 4.79 Å². The number of unbranched alkanes of at least 4 members (excludes halogenated alkanes) is 1. The lowest BCUT2D eigenvalue weighted by Crippen LogP contribution is -3.11. The summed E-state index contributed by atoms with van der Waals surface area (Å²) in [5.41, 5.74) is 3.79. The van der Waals surface area contributed by atoms with Crippen LogP contribution in [0.15, 0.2) is 18.2 Å². The van der Waals surface area contributed by atoms with Crippen LogP contribution in [0.5, 0.6) is 0 Å². The Morgan fingerprint density at radius 1 is 1.45 bits per heavy atom. The first-order chi connectivity index (χ1) is 10.6. The molecule has 1 unspecified atom stereocenters. The molecule has 4 heteroatoms. The predicted octanol–water partition coefficient (Wildman–Crippen LogP) is 1.70. The molecule has 4 nitrogen and oxygen atoms in total.